The Morgan fingerprint density at radius 1 is 1.35 bits per heavy atom. The van der Waals surface area contributed by atoms with E-state index in [0.717, 1.165) is 31.3 Å². The van der Waals surface area contributed by atoms with Crippen LogP contribution in [0.4, 0.5) is 10.1 Å². The number of benzene rings is 1. The van der Waals surface area contributed by atoms with Crippen LogP contribution < -0.4 is 5.73 Å². The molecule has 0 unspecified atom stereocenters. The van der Waals surface area contributed by atoms with Gasteiger partial charge in [-0.25, -0.2) is 9.65 Å². The van der Waals surface area contributed by atoms with Crippen molar-refractivity contribution in [3.63, 3.8) is 0 Å². The normalized spacial score (nSPS) is 16.8. The first-order valence-electron chi connectivity index (χ1n) is 5.84. The number of rotatable bonds is 2. The van der Waals surface area contributed by atoms with Crippen LogP contribution in [-0.4, -0.2) is 24.7 Å². The van der Waals surface area contributed by atoms with E-state index in [1.807, 2.05) is 0 Å². The maximum Gasteiger partial charge on any atom is 0.270 e. The van der Waals surface area contributed by atoms with Gasteiger partial charge in [0, 0.05) is 18.2 Å². The van der Waals surface area contributed by atoms with Crippen LogP contribution in [0.5, 0.6) is 0 Å². The van der Waals surface area contributed by atoms with Gasteiger partial charge in [0.1, 0.15) is 5.82 Å². The van der Waals surface area contributed by atoms with Crippen molar-refractivity contribution in [2.45, 2.75) is 19.2 Å². The topological polar surface area (TPSA) is 53.0 Å². The van der Waals surface area contributed by atoms with Crippen molar-refractivity contribution in [1.29, 1.82) is 5.26 Å². The molecule has 0 spiro atoms. The average Bonchev–Trinajstić information content (AvgIpc) is 2.28. The molecule has 0 aromatic heterocycles. The zero-order valence-corrected chi connectivity index (χ0v) is 9.69. The minimum atomic E-state index is -0.285. The van der Waals surface area contributed by atoms with Crippen molar-refractivity contribution >= 4 is 12.4 Å². The van der Waals surface area contributed by atoms with E-state index in [-0.39, 0.29) is 12.5 Å². The number of halogens is 1. The van der Waals surface area contributed by atoms with Gasteiger partial charge < -0.3 is 10.6 Å². The zero-order chi connectivity index (χ0) is 12.3. The molecule has 3 nitrogen and oxygen atoms in total. The lowest BCUT2D eigenvalue weighted by molar-refractivity contribution is 0.284. The smallest absolute Gasteiger partial charge is 0.270 e. The van der Waals surface area contributed by atoms with Crippen molar-refractivity contribution in [3.8, 4) is 5.97 Å². The molecule has 0 radical (unpaired) electrons. The molecule has 0 bridgehead atoms. The number of anilines is 1. The summed E-state index contributed by atoms with van der Waals surface area (Å²) in [7, 11) is 0. The molecule has 1 heterocycles. The third-order valence-electron chi connectivity index (χ3n) is 3.16. The van der Waals surface area contributed by atoms with Crippen molar-refractivity contribution in [1.82, 2.24) is 4.90 Å². The molecule has 1 aromatic carbocycles. The van der Waals surface area contributed by atoms with E-state index in [9.17, 15) is 4.39 Å². The third kappa shape index (κ3) is 3.21. The molecule has 0 amide bonds. The molecule has 2 N–H and O–H groups in total. The lowest BCUT2D eigenvalue weighted by atomic mass is 9.45. The number of hydrogen-bond acceptors (Lipinski definition) is 3. The first kappa shape index (κ1) is 11.9. The van der Waals surface area contributed by atoms with Gasteiger partial charge in [-0.15, -0.1) is 0 Å². The molecule has 1 aliphatic heterocycles. The van der Waals surface area contributed by atoms with Gasteiger partial charge >= 0.3 is 0 Å². The van der Waals surface area contributed by atoms with Crippen LogP contribution in [0.15, 0.2) is 18.2 Å². The summed E-state index contributed by atoms with van der Waals surface area (Å²) in [6.45, 7) is 2.69. The summed E-state index contributed by atoms with van der Waals surface area (Å²) in [6.07, 6.45) is 1.81. The van der Waals surface area contributed by atoms with Gasteiger partial charge in [0.25, 0.3) is 6.71 Å². The quantitative estimate of drug-likeness (QED) is 0.623. The van der Waals surface area contributed by atoms with E-state index in [1.54, 1.807) is 6.07 Å². The van der Waals surface area contributed by atoms with Crippen molar-refractivity contribution in [3.05, 3.63) is 29.6 Å². The Kier molecular flexibility index (Phi) is 3.65. The molecule has 0 aliphatic carbocycles. The summed E-state index contributed by atoms with van der Waals surface area (Å²) in [4.78, 5) is 2.24. The molecule has 0 atom stereocenters. The predicted octanol–water partition coefficient (Wildman–Crippen LogP) is 1.78. The largest absolute Gasteiger partial charge is 0.399 e. The molecular weight excluding hydrogens is 216 g/mol. The molecule has 88 valence electrons. The Balaban J connectivity index is 1.96. The van der Waals surface area contributed by atoms with Crippen molar-refractivity contribution in [2.75, 3.05) is 18.8 Å². The van der Waals surface area contributed by atoms with Crippen LogP contribution in [0.2, 0.25) is 12.6 Å². The number of nitrogens with two attached hydrogens (primary N) is 1. The van der Waals surface area contributed by atoms with Crippen LogP contribution in [0.25, 0.3) is 0 Å². The monoisotopic (exact) mass is 231 g/mol. The van der Waals surface area contributed by atoms with Gasteiger partial charge in [-0.1, -0.05) is 0 Å². The van der Waals surface area contributed by atoms with E-state index < -0.39 is 0 Å². The summed E-state index contributed by atoms with van der Waals surface area (Å²) in [6, 6.07) is 4.65. The highest BCUT2D eigenvalue weighted by Crippen LogP contribution is 2.17. The van der Waals surface area contributed by atoms with Crippen LogP contribution >= 0.6 is 0 Å². The van der Waals surface area contributed by atoms with Crippen molar-refractivity contribution in [2.24, 2.45) is 0 Å². The Hall–Kier alpha value is -1.54. The number of nitrogens with zero attached hydrogens (tertiary/aromatic N) is 2. The third-order valence-corrected chi connectivity index (χ3v) is 3.16. The van der Waals surface area contributed by atoms with Crippen LogP contribution in [0.3, 0.4) is 0 Å². The highest BCUT2D eigenvalue weighted by atomic mass is 19.1. The molecule has 1 aliphatic rings. The maximum absolute atomic E-state index is 13.2. The summed E-state index contributed by atoms with van der Waals surface area (Å²) in [5.41, 5.74) is 6.97. The van der Waals surface area contributed by atoms with Gasteiger partial charge in [0.15, 0.2) is 0 Å². The molecule has 1 saturated heterocycles. The van der Waals surface area contributed by atoms with Gasteiger partial charge in [-0.2, -0.15) is 0 Å². The molecule has 0 saturated carbocycles. The standard InChI is InChI=1S/C12H15BFN3/c14-11-5-10(6-12(16)7-11)8-17-3-1-13(9-15)2-4-17/h5-7H,1-4,8,16H2. The number of nitriles is 1. The van der Waals surface area contributed by atoms with E-state index in [0.29, 0.717) is 12.2 Å². The first-order chi connectivity index (χ1) is 8.17. The number of nitrogen functional groups attached to an aromatic ring is 1. The van der Waals surface area contributed by atoms with Gasteiger partial charge in [0.2, 0.25) is 0 Å². The SMILES string of the molecule is N#CB1CCN(Cc2cc(N)cc(F)c2)CC1. The minimum Gasteiger partial charge on any atom is -0.399 e. The highest BCUT2D eigenvalue weighted by molar-refractivity contribution is 6.67. The summed E-state index contributed by atoms with van der Waals surface area (Å²) in [5.74, 6) is 2.01. The van der Waals surface area contributed by atoms with Crippen LogP contribution in [-0.2, 0) is 6.54 Å². The lowest BCUT2D eigenvalue weighted by Crippen LogP contribution is -2.36. The fourth-order valence-corrected chi connectivity index (χ4v) is 2.25. The predicted molar refractivity (Wildman–Crippen MR) is 67.1 cm³/mol. The zero-order valence-electron chi connectivity index (χ0n) is 9.69. The lowest BCUT2D eigenvalue weighted by Gasteiger charge is -2.27. The average molecular weight is 231 g/mol. The first-order valence-corrected chi connectivity index (χ1v) is 5.84. The highest BCUT2D eigenvalue weighted by Gasteiger charge is 2.22. The summed E-state index contributed by atoms with van der Waals surface area (Å²) < 4.78 is 13.2. The van der Waals surface area contributed by atoms with Gasteiger partial charge in [0.05, 0.1) is 0 Å². The number of hydrogen-bond donors (Lipinski definition) is 1. The van der Waals surface area contributed by atoms with E-state index in [2.05, 4.69) is 10.9 Å². The summed E-state index contributed by atoms with van der Waals surface area (Å²) >= 11 is 0. The van der Waals surface area contributed by atoms with Gasteiger partial charge in [-0.05, 0) is 49.5 Å². The fraction of sp³-hybridized carbons (Fsp3) is 0.417. The Labute approximate surface area is 101 Å². The van der Waals surface area contributed by atoms with Crippen LogP contribution in [0, 0.1) is 17.0 Å². The molecule has 17 heavy (non-hydrogen) atoms. The van der Waals surface area contributed by atoms with Crippen molar-refractivity contribution < 1.29 is 4.39 Å². The molecule has 1 fully saturated rings. The molecule has 5 heteroatoms. The Bertz CT molecular complexity index is 416. The van der Waals surface area contributed by atoms with E-state index in [4.69, 9.17) is 11.0 Å². The molecule has 1 aromatic rings. The second-order valence-electron chi connectivity index (χ2n) is 4.57. The molecular formula is C12H15BFN3. The Morgan fingerprint density at radius 2 is 2.06 bits per heavy atom. The Morgan fingerprint density at radius 3 is 2.65 bits per heavy atom. The maximum atomic E-state index is 13.2. The van der Waals surface area contributed by atoms with Gasteiger partial charge in [-0.3, -0.25) is 0 Å². The second kappa shape index (κ2) is 5.20. The van der Waals surface area contributed by atoms with E-state index in [1.165, 1.54) is 12.1 Å². The fourth-order valence-electron chi connectivity index (χ4n) is 2.25. The van der Waals surface area contributed by atoms with Crippen LogP contribution in [0.1, 0.15) is 5.56 Å². The van der Waals surface area contributed by atoms with E-state index >= 15 is 0 Å². The second-order valence-corrected chi connectivity index (χ2v) is 4.57. The minimum absolute atomic E-state index is 0.184. The summed E-state index contributed by atoms with van der Waals surface area (Å²) in [5, 5.41) is 8.81. The molecule has 2 rings (SSSR count).